The Balaban J connectivity index is 2.33. The maximum atomic E-state index is 12.8. The quantitative estimate of drug-likeness (QED) is 0.0265. The predicted octanol–water partition coefficient (Wildman–Crippen LogP) is 11.6. The predicted molar refractivity (Wildman–Crippen MR) is 256 cm³/mol. The molecule has 1 heterocycles. The first-order valence-electron chi connectivity index (χ1n) is 25.0. The van der Waals surface area contributed by atoms with Crippen molar-refractivity contribution in [3.8, 4) is 0 Å². The van der Waals surface area contributed by atoms with Crippen LogP contribution in [0.1, 0.15) is 194 Å². The first-order valence-corrected chi connectivity index (χ1v) is 25.0. The van der Waals surface area contributed by atoms with E-state index in [-0.39, 0.29) is 26.1 Å². The lowest BCUT2D eigenvalue weighted by Crippen LogP contribution is -2.59. The summed E-state index contributed by atoms with van der Waals surface area (Å²) >= 11 is 0. The maximum absolute atomic E-state index is 12.8. The number of aliphatic hydroxyl groups is 4. The SMILES string of the molecule is CC/C=C/C/C=C/C/C=C/C/C=C/C/C=C/C/C=C/CCC(=O)OC[C@@H](CO[C@H]1O[C@@H](CO)[C@@H](O)C(O)C1O)OC(=O)CCCCCCCCCCCCCCCCCCCCC. The Kier molecular flexibility index (Phi) is 39.7. The second kappa shape index (κ2) is 43.1. The Bertz CT molecular complexity index is 1250. The number of unbranched alkanes of at least 4 members (excludes halogenated alkanes) is 18. The molecule has 0 radical (unpaired) electrons. The van der Waals surface area contributed by atoms with E-state index in [0.717, 1.165) is 57.8 Å². The van der Waals surface area contributed by atoms with Crippen LogP contribution in [0.5, 0.6) is 0 Å². The summed E-state index contributed by atoms with van der Waals surface area (Å²) in [5, 5.41) is 40.2. The van der Waals surface area contributed by atoms with Gasteiger partial charge in [0, 0.05) is 12.8 Å². The molecule has 1 aliphatic heterocycles. The van der Waals surface area contributed by atoms with Gasteiger partial charge < -0.3 is 39.4 Å². The lowest BCUT2D eigenvalue weighted by atomic mass is 9.99. The average Bonchev–Trinajstić information content (AvgIpc) is 3.28. The van der Waals surface area contributed by atoms with Gasteiger partial charge in [-0.2, -0.15) is 0 Å². The summed E-state index contributed by atoms with van der Waals surface area (Å²) in [4.78, 5) is 25.4. The Morgan fingerprint density at radius 1 is 0.508 bits per heavy atom. The minimum Gasteiger partial charge on any atom is -0.462 e. The van der Waals surface area contributed by atoms with Crippen LogP contribution >= 0.6 is 0 Å². The van der Waals surface area contributed by atoms with Crippen LogP contribution in [-0.4, -0.2) is 89.0 Å². The van der Waals surface area contributed by atoms with Crippen molar-refractivity contribution in [2.24, 2.45) is 0 Å². The Morgan fingerprint density at radius 3 is 1.38 bits per heavy atom. The minimum atomic E-state index is -1.61. The van der Waals surface area contributed by atoms with Gasteiger partial charge in [-0.3, -0.25) is 9.59 Å². The Hall–Kier alpha value is -2.86. The third-order valence-electron chi connectivity index (χ3n) is 11.1. The molecular weight excluding hydrogens is 797 g/mol. The largest absolute Gasteiger partial charge is 0.462 e. The van der Waals surface area contributed by atoms with E-state index in [0.29, 0.717) is 12.8 Å². The van der Waals surface area contributed by atoms with E-state index in [4.69, 9.17) is 18.9 Å². The van der Waals surface area contributed by atoms with Crippen molar-refractivity contribution in [3.05, 3.63) is 72.9 Å². The normalized spacial score (nSPS) is 20.1. The molecule has 6 atom stereocenters. The first kappa shape index (κ1) is 58.2. The molecule has 1 aliphatic rings. The third-order valence-corrected chi connectivity index (χ3v) is 11.1. The standard InChI is InChI=1S/C53H90O10/c1-3-5-7-9-11-13-15-17-19-21-23-25-27-29-31-33-35-37-39-41-48(55)60-44-46(45-61-53-52(59)51(58)50(57)47(43-54)63-53)62-49(56)42-40-38-36-34-32-30-28-26-24-22-20-18-16-14-12-10-8-6-4-2/h5,7,11,13,17,19,23,25,29,31,35,37,46-47,50-54,57-59H,3-4,6,8-10,12,14-16,18,20-22,24,26-28,30,32-34,36,38-45H2,1-2H3/b7-5+,13-11+,19-17+,25-23+,31-29+,37-35+/t46-,47-,50+,51?,52?,53-/m0/s1. The highest BCUT2D eigenvalue weighted by Crippen LogP contribution is 2.23. The molecule has 0 aromatic heterocycles. The number of esters is 2. The summed E-state index contributed by atoms with van der Waals surface area (Å²) in [5.74, 6) is -0.902. The summed E-state index contributed by atoms with van der Waals surface area (Å²) in [7, 11) is 0. The summed E-state index contributed by atoms with van der Waals surface area (Å²) in [6.45, 7) is 3.25. The number of aliphatic hydroxyl groups excluding tert-OH is 4. The number of hydrogen-bond donors (Lipinski definition) is 4. The number of ether oxygens (including phenoxy) is 4. The smallest absolute Gasteiger partial charge is 0.306 e. The van der Waals surface area contributed by atoms with E-state index in [1.165, 1.54) is 96.3 Å². The maximum Gasteiger partial charge on any atom is 0.306 e. The number of carbonyl (C=O) groups is 2. The van der Waals surface area contributed by atoms with E-state index < -0.39 is 55.4 Å². The molecular formula is C53H90O10. The number of carbonyl (C=O) groups excluding carboxylic acids is 2. The molecule has 1 rings (SSSR count). The minimum absolute atomic E-state index is 0.149. The molecule has 0 saturated carbocycles. The first-order chi connectivity index (χ1) is 30.8. The summed E-state index contributed by atoms with van der Waals surface area (Å²) < 4.78 is 22.1. The van der Waals surface area contributed by atoms with Crippen LogP contribution in [0.4, 0.5) is 0 Å². The van der Waals surface area contributed by atoms with Crippen molar-refractivity contribution >= 4 is 11.9 Å². The van der Waals surface area contributed by atoms with Crippen molar-refractivity contribution in [3.63, 3.8) is 0 Å². The van der Waals surface area contributed by atoms with Gasteiger partial charge in [0.1, 0.15) is 31.0 Å². The molecule has 4 N–H and O–H groups in total. The average molecular weight is 887 g/mol. The molecule has 0 bridgehead atoms. The zero-order valence-electron chi connectivity index (χ0n) is 39.6. The van der Waals surface area contributed by atoms with E-state index >= 15 is 0 Å². The van der Waals surface area contributed by atoms with Crippen LogP contribution in [0, 0.1) is 0 Å². The molecule has 10 heteroatoms. The van der Waals surface area contributed by atoms with E-state index in [2.05, 4.69) is 74.6 Å². The molecule has 2 unspecified atom stereocenters. The van der Waals surface area contributed by atoms with Gasteiger partial charge in [-0.05, 0) is 51.4 Å². The van der Waals surface area contributed by atoms with Gasteiger partial charge in [-0.15, -0.1) is 0 Å². The molecule has 362 valence electrons. The van der Waals surface area contributed by atoms with Crippen LogP contribution in [0.25, 0.3) is 0 Å². The molecule has 0 amide bonds. The van der Waals surface area contributed by atoms with E-state index in [1.54, 1.807) is 0 Å². The van der Waals surface area contributed by atoms with Gasteiger partial charge in [0.15, 0.2) is 12.4 Å². The van der Waals surface area contributed by atoms with Gasteiger partial charge in [0.05, 0.1) is 13.2 Å². The van der Waals surface area contributed by atoms with Gasteiger partial charge in [-0.25, -0.2) is 0 Å². The second-order valence-electron chi connectivity index (χ2n) is 16.9. The third kappa shape index (κ3) is 34.2. The molecule has 0 spiro atoms. The fourth-order valence-electron chi connectivity index (χ4n) is 7.21. The number of hydrogen-bond acceptors (Lipinski definition) is 10. The highest BCUT2D eigenvalue weighted by molar-refractivity contribution is 5.70. The molecule has 10 nitrogen and oxygen atoms in total. The highest BCUT2D eigenvalue weighted by Gasteiger charge is 2.44. The molecule has 63 heavy (non-hydrogen) atoms. The van der Waals surface area contributed by atoms with Crippen LogP contribution in [0.2, 0.25) is 0 Å². The molecule has 1 saturated heterocycles. The topological polar surface area (TPSA) is 152 Å². The highest BCUT2D eigenvalue weighted by atomic mass is 16.7. The van der Waals surface area contributed by atoms with Crippen LogP contribution < -0.4 is 0 Å². The monoisotopic (exact) mass is 887 g/mol. The Morgan fingerprint density at radius 2 is 0.937 bits per heavy atom. The van der Waals surface area contributed by atoms with Gasteiger partial charge in [0.2, 0.25) is 0 Å². The second-order valence-corrected chi connectivity index (χ2v) is 16.9. The summed E-state index contributed by atoms with van der Waals surface area (Å²) in [5.41, 5.74) is 0. The van der Waals surface area contributed by atoms with E-state index in [1.807, 2.05) is 12.2 Å². The van der Waals surface area contributed by atoms with Crippen molar-refractivity contribution in [1.82, 2.24) is 0 Å². The fourth-order valence-corrected chi connectivity index (χ4v) is 7.21. The van der Waals surface area contributed by atoms with E-state index in [9.17, 15) is 30.0 Å². The lowest BCUT2D eigenvalue weighted by molar-refractivity contribution is -0.305. The van der Waals surface area contributed by atoms with Crippen molar-refractivity contribution < 1.29 is 49.0 Å². The fraction of sp³-hybridized carbons (Fsp3) is 0.736. The molecule has 0 aromatic rings. The Labute approximate surface area is 383 Å². The van der Waals surface area contributed by atoms with Gasteiger partial charge in [-0.1, -0.05) is 202 Å². The van der Waals surface area contributed by atoms with Crippen LogP contribution in [0.15, 0.2) is 72.9 Å². The summed E-state index contributed by atoms with van der Waals surface area (Å²) in [6.07, 6.45) is 47.8. The van der Waals surface area contributed by atoms with Crippen LogP contribution in [-0.2, 0) is 28.5 Å². The van der Waals surface area contributed by atoms with Gasteiger partial charge in [0.25, 0.3) is 0 Å². The van der Waals surface area contributed by atoms with Crippen molar-refractivity contribution in [1.29, 1.82) is 0 Å². The molecule has 1 fully saturated rings. The van der Waals surface area contributed by atoms with Gasteiger partial charge >= 0.3 is 11.9 Å². The lowest BCUT2D eigenvalue weighted by Gasteiger charge is -2.39. The van der Waals surface area contributed by atoms with Crippen molar-refractivity contribution in [2.75, 3.05) is 19.8 Å². The number of rotatable bonds is 41. The number of allylic oxidation sites excluding steroid dienone is 12. The molecule has 0 aliphatic carbocycles. The van der Waals surface area contributed by atoms with Crippen molar-refractivity contribution in [2.45, 2.75) is 230 Å². The van der Waals surface area contributed by atoms with Crippen LogP contribution in [0.3, 0.4) is 0 Å². The summed E-state index contributed by atoms with van der Waals surface area (Å²) in [6, 6.07) is 0. The zero-order chi connectivity index (χ0) is 45.9. The zero-order valence-corrected chi connectivity index (χ0v) is 39.6. The molecule has 0 aromatic carbocycles.